The van der Waals surface area contributed by atoms with Crippen molar-refractivity contribution in [3.05, 3.63) is 168 Å². The zero-order valence-electron chi connectivity index (χ0n) is 27.3. The second-order valence-electron chi connectivity index (χ2n) is 13.1. The van der Waals surface area contributed by atoms with Crippen molar-refractivity contribution in [2.45, 2.75) is 12.3 Å². The van der Waals surface area contributed by atoms with E-state index in [-0.39, 0.29) is 12.3 Å². The number of hydrogen-bond acceptors (Lipinski definition) is 6. The van der Waals surface area contributed by atoms with Crippen molar-refractivity contribution >= 4 is 90.8 Å². The van der Waals surface area contributed by atoms with Crippen molar-refractivity contribution in [3.8, 4) is 11.1 Å². The summed E-state index contributed by atoms with van der Waals surface area (Å²) in [6.45, 7) is 0. The molecule has 0 fully saturated rings. The van der Waals surface area contributed by atoms with Crippen LogP contribution < -0.4 is 10.6 Å². The molecule has 242 valence electrons. The molecule has 4 nitrogen and oxygen atoms in total. The third-order valence-electron chi connectivity index (χ3n) is 10.2. The summed E-state index contributed by atoms with van der Waals surface area (Å²) in [6, 6.07) is 54.0. The maximum absolute atomic E-state index is 7.02. The Labute approximate surface area is 301 Å². The van der Waals surface area contributed by atoms with E-state index in [1.807, 2.05) is 22.7 Å². The normalized spacial score (nSPS) is 16.4. The number of benzene rings is 7. The van der Waals surface area contributed by atoms with Crippen LogP contribution >= 0.6 is 22.7 Å². The van der Waals surface area contributed by atoms with Gasteiger partial charge in [-0.2, -0.15) is 0 Å². The first-order valence-corrected chi connectivity index (χ1v) is 18.8. The number of amidine groups is 1. The van der Waals surface area contributed by atoms with Crippen LogP contribution in [0.1, 0.15) is 29.0 Å². The number of aliphatic imine (C=N–C) groups is 1. The number of para-hydroxylation sites is 2. The molecule has 0 saturated carbocycles. The minimum atomic E-state index is -0.258. The van der Waals surface area contributed by atoms with Crippen molar-refractivity contribution in [2.24, 2.45) is 4.99 Å². The van der Waals surface area contributed by atoms with Crippen molar-refractivity contribution in [1.29, 1.82) is 0 Å². The second kappa shape index (κ2) is 11.4. The van der Waals surface area contributed by atoms with E-state index in [1.54, 1.807) is 0 Å². The molecular formula is C45H29N3OS2. The van der Waals surface area contributed by atoms with E-state index in [1.165, 1.54) is 45.9 Å². The first-order valence-electron chi connectivity index (χ1n) is 17.2. The highest BCUT2D eigenvalue weighted by Gasteiger charge is 2.29. The zero-order chi connectivity index (χ0) is 33.5. The first-order chi connectivity index (χ1) is 25.3. The van der Waals surface area contributed by atoms with Crippen LogP contribution in [-0.2, 0) is 0 Å². The van der Waals surface area contributed by atoms with Gasteiger partial charge in [-0.05, 0) is 23.8 Å². The summed E-state index contributed by atoms with van der Waals surface area (Å²) in [5, 5.41) is 15.0. The summed E-state index contributed by atoms with van der Waals surface area (Å²) in [6.07, 6.45) is -0.510. The van der Waals surface area contributed by atoms with E-state index in [0.29, 0.717) is 0 Å². The lowest BCUT2D eigenvalue weighted by atomic mass is 9.99. The molecule has 10 aromatic rings. The fourth-order valence-electron chi connectivity index (χ4n) is 7.84. The summed E-state index contributed by atoms with van der Waals surface area (Å²) in [5.74, 6) is 0.870. The Morgan fingerprint density at radius 1 is 0.471 bits per heavy atom. The number of furan rings is 1. The molecule has 2 N–H and O–H groups in total. The van der Waals surface area contributed by atoms with Crippen molar-refractivity contribution in [2.75, 3.05) is 0 Å². The average Bonchev–Trinajstić information content (AvgIpc) is 3.89. The van der Waals surface area contributed by atoms with E-state index in [0.717, 1.165) is 50.0 Å². The molecule has 51 heavy (non-hydrogen) atoms. The Hall–Kier alpha value is -5.79. The lowest BCUT2D eigenvalue weighted by Crippen LogP contribution is -2.45. The molecule has 0 amide bonds. The van der Waals surface area contributed by atoms with Gasteiger partial charge in [0.15, 0.2) is 0 Å². The summed E-state index contributed by atoms with van der Waals surface area (Å²) < 4.78 is 12.1. The number of nitrogens with zero attached hydrogens (tertiary/aromatic N) is 1. The van der Waals surface area contributed by atoms with Gasteiger partial charge in [0.05, 0.1) is 0 Å². The van der Waals surface area contributed by atoms with Crippen molar-refractivity contribution in [3.63, 3.8) is 0 Å². The fourth-order valence-corrected chi connectivity index (χ4v) is 10.3. The van der Waals surface area contributed by atoms with Gasteiger partial charge in [-0.1, -0.05) is 133 Å². The van der Waals surface area contributed by atoms with Gasteiger partial charge >= 0.3 is 0 Å². The quantitative estimate of drug-likeness (QED) is 0.193. The predicted molar refractivity (Wildman–Crippen MR) is 216 cm³/mol. The van der Waals surface area contributed by atoms with Gasteiger partial charge < -0.3 is 9.73 Å². The molecule has 1 aliphatic rings. The molecule has 6 heteroatoms. The molecule has 7 aromatic carbocycles. The number of thiophene rings is 2. The smallest absolute Gasteiger partial charge is 0.143 e. The van der Waals surface area contributed by atoms with Gasteiger partial charge in [0.2, 0.25) is 0 Å². The maximum Gasteiger partial charge on any atom is 0.143 e. The lowest BCUT2D eigenvalue weighted by molar-refractivity contribution is 0.408. The van der Waals surface area contributed by atoms with Crippen LogP contribution in [0.15, 0.2) is 161 Å². The summed E-state index contributed by atoms with van der Waals surface area (Å²) in [5.41, 5.74) is 7.36. The highest BCUT2D eigenvalue weighted by Crippen LogP contribution is 2.44. The topological polar surface area (TPSA) is 49.6 Å². The van der Waals surface area contributed by atoms with E-state index in [9.17, 15) is 0 Å². The van der Waals surface area contributed by atoms with Crippen LogP contribution in [0.25, 0.3) is 73.4 Å². The van der Waals surface area contributed by atoms with Gasteiger partial charge in [0.1, 0.15) is 29.3 Å². The molecule has 1 aliphatic heterocycles. The monoisotopic (exact) mass is 691 g/mol. The molecule has 2 unspecified atom stereocenters. The van der Waals surface area contributed by atoms with Gasteiger partial charge in [-0.25, -0.2) is 4.99 Å². The first kappa shape index (κ1) is 29.0. The highest BCUT2D eigenvalue weighted by molar-refractivity contribution is 7.26. The van der Waals surface area contributed by atoms with Crippen molar-refractivity contribution < 1.29 is 4.42 Å². The van der Waals surface area contributed by atoms with Gasteiger partial charge in [-0.3, -0.25) is 5.32 Å². The van der Waals surface area contributed by atoms with Gasteiger partial charge in [-0.15, -0.1) is 22.7 Å². The van der Waals surface area contributed by atoms with E-state index >= 15 is 0 Å². The number of fused-ring (bicyclic) bond motifs is 9. The van der Waals surface area contributed by atoms with E-state index in [4.69, 9.17) is 9.41 Å². The van der Waals surface area contributed by atoms with Crippen LogP contribution in [0.5, 0.6) is 0 Å². The molecule has 0 spiro atoms. The molecule has 0 aliphatic carbocycles. The van der Waals surface area contributed by atoms with Crippen LogP contribution in [0, 0.1) is 0 Å². The van der Waals surface area contributed by atoms with E-state index in [2.05, 4.69) is 162 Å². The Morgan fingerprint density at radius 2 is 1.02 bits per heavy atom. The molecule has 0 radical (unpaired) electrons. The minimum absolute atomic E-state index is 0.252. The standard InChI is InChI=1S/C45H29N3OS2/c1-2-12-26(13-3-1)43-46-44(48-45(47-43)36-23-11-20-33-28-15-5-7-25-38(28)51-42(33)36)35-22-9-17-30-29-16-8-18-31(39(29)49-40(30)35)34-21-10-19-32-27-14-4-6-24-37(27)50-41(32)34/h1-25,43-44,46H,(H,47,48). The van der Waals surface area contributed by atoms with Crippen LogP contribution in [0.2, 0.25) is 0 Å². The molecule has 0 saturated heterocycles. The summed E-state index contributed by atoms with van der Waals surface area (Å²) in [7, 11) is 0. The zero-order valence-corrected chi connectivity index (χ0v) is 28.9. The van der Waals surface area contributed by atoms with Crippen LogP contribution in [0.3, 0.4) is 0 Å². The fraction of sp³-hybridized carbons (Fsp3) is 0.0444. The molecular weight excluding hydrogens is 663 g/mol. The van der Waals surface area contributed by atoms with Gasteiger partial charge in [0, 0.05) is 73.4 Å². The second-order valence-corrected chi connectivity index (χ2v) is 15.2. The predicted octanol–water partition coefficient (Wildman–Crippen LogP) is 12.3. The SMILES string of the molecule is c1ccc(C2N=C(c3cccc4c3sc3ccccc34)NC(c3cccc4c3oc3c(-c5cccc6c5sc5ccccc56)cccc34)N2)cc1. The Kier molecular flexibility index (Phi) is 6.46. The largest absolute Gasteiger partial charge is 0.455 e. The molecule has 3 aromatic heterocycles. The van der Waals surface area contributed by atoms with Gasteiger partial charge in [0.25, 0.3) is 0 Å². The molecule has 0 bridgehead atoms. The number of rotatable bonds is 4. The molecule has 4 heterocycles. The third-order valence-corrected chi connectivity index (χ3v) is 12.6. The lowest BCUT2D eigenvalue weighted by Gasteiger charge is -2.32. The van der Waals surface area contributed by atoms with Crippen LogP contribution in [0.4, 0.5) is 0 Å². The average molecular weight is 692 g/mol. The molecule has 2 atom stereocenters. The van der Waals surface area contributed by atoms with E-state index < -0.39 is 0 Å². The van der Waals surface area contributed by atoms with Crippen LogP contribution in [-0.4, -0.2) is 5.84 Å². The maximum atomic E-state index is 7.02. The highest BCUT2D eigenvalue weighted by atomic mass is 32.1. The number of nitrogens with one attached hydrogen (secondary N) is 2. The van der Waals surface area contributed by atoms with Crippen molar-refractivity contribution in [1.82, 2.24) is 10.6 Å². The molecule has 11 rings (SSSR count). The Morgan fingerprint density at radius 3 is 1.75 bits per heavy atom. The summed E-state index contributed by atoms with van der Waals surface area (Å²) in [4.78, 5) is 5.31. The summed E-state index contributed by atoms with van der Waals surface area (Å²) >= 11 is 3.67. The third kappa shape index (κ3) is 4.51. The Bertz CT molecular complexity index is 3010. The Balaban J connectivity index is 1.08. The number of hydrogen-bond donors (Lipinski definition) is 2. The minimum Gasteiger partial charge on any atom is -0.455 e.